The average Bonchev–Trinajstić information content (AvgIpc) is 3.91. The van der Waals surface area contributed by atoms with Gasteiger partial charge in [-0.1, -0.05) is 194 Å². The van der Waals surface area contributed by atoms with Crippen molar-refractivity contribution in [3.63, 3.8) is 0 Å². The number of fused-ring (bicyclic) bond motifs is 6. The van der Waals surface area contributed by atoms with E-state index in [1.807, 2.05) is 0 Å². The van der Waals surface area contributed by atoms with Gasteiger partial charge in [-0.2, -0.15) is 0 Å². The van der Waals surface area contributed by atoms with E-state index < -0.39 is 0 Å². The van der Waals surface area contributed by atoms with Crippen molar-refractivity contribution in [2.24, 2.45) is 0 Å². The van der Waals surface area contributed by atoms with Crippen LogP contribution in [0.2, 0.25) is 0 Å². The molecule has 0 N–H and O–H groups in total. The minimum atomic E-state index is 0.857. The van der Waals surface area contributed by atoms with Gasteiger partial charge in [-0.25, -0.2) is 0 Å². The van der Waals surface area contributed by atoms with Gasteiger partial charge in [0.2, 0.25) is 0 Å². The van der Waals surface area contributed by atoms with Crippen LogP contribution in [0.3, 0.4) is 0 Å². The number of benzene rings is 10. The molecule has 63 heavy (non-hydrogen) atoms. The van der Waals surface area contributed by atoms with Gasteiger partial charge in [0.15, 0.2) is 0 Å². The van der Waals surface area contributed by atoms with E-state index in [1.54, 1.807) is 0 Å². The van der Waals surface area contributed by atoms with Crippen molar-refractivity contribution in [3.8, 4) is 50.2 Å². The van der Waals surface area contributed by atoms with Crippen LogP contribution in [0.4, 0.5) is 17.1 Å². The summed E-state index contributed by atoms with van der Waals surface area (Å²) in [6.45, 7) is 0. The fourth-order valence-corrected chi connectivity index (χ4v) is 9.56. The first kappa shape index (κ1) is 36.5. The summed E-state index contributed by atoms with van der Waals surface area (Å²) in [5.74, 6) is 0. The zero-order valence-corrected chi connectivity index (χ0v) is 34.4. The van der Waals surface area contributed by atoms with Crippen molar-refractivity contribution in [1.29, 1.82) is 0 Å². The van der Waals surface area contributed by atoms with Gasteiger partial charge in [-0.05, 0) is 75.8 Å². The Kier molecular flexibility index (Phi) is 8.83. The molecule has 12 rings (SSSR count). The normalized spacial score (nSPS) is 11.5. The zero-order chi connectivity index (χ0) is 41.7. The molecule has 0 radical (unpaired) electrons. The van der Waals surface area contributed by atoms with E-state index >= 15 is 0 Å². The summed E-state index contributed by atoms with van der Waals surface area (Å²) in [4.78, 5) is 2.45. The molecule has 0 amide bonds. The monoisotopic (exact) mass is 804 g/mol. The molecule has 12 aromatic rings. The maximum atomic E-state index is 6.81. The molecule has 0 saturated heterocycles. The van der Waals surface area contributed by atoms with Crippen LogP contribution in [-0.2, 0) is 0 Å². The minimum absolute atomic E-state index is 0.857. The molecule has 0 bridgehead atoms. The van der Waals surface area contributed by atoms with Gasteiger partial charge in [0.1, 0.15) is 11.2 Å². The Bertz CT molecular complexity index is 3570. The predicted molar refractivity (Wildman–Crippen MR) is 264 cm³/mol. The lowest BCUT2D eigenvalue weighted by atomic mass is 9.93. The molecule has 2 aromatic heterocycles. The Hall–Kier alpha value is -8.40. The van der Waals surface area contributed by atoms with Gasteiger partial charge in [-0.3, -0.25) is 0 Å². The molecule has 10 aromatic carbocycles. The second-order valence-electron chi connectivity index (χ2n) is 16.0. The lowest BCUT2D eigenvalue weighted by Crippen LogP contribution is -2.12. The first-order valence-electron chi connectivity index (χ1n) is 21.5. The van der Waals surface area contributed by atoms with Crippen LogP contribution in [0, 0.1) is 0 Å². The third-order valence-corrected chi connectivity index (χ3v) is 12.4. The fraction of sp³-hybridized carbons (Fsp3) is 0. The van der Waals surface area contributed by atoms with Crippen LogP contribution in [-0.4, -0.2) is 4.57 Å². The highest BCUT2D eigenvalue weighted by molar-refractivity contribution is 6.28. The van der Waals surface area contributed by atoms with Crippen LogP contribution >= 0.6 is 0 Å². The number of nitrogens with zero attached hydrogens (tertiary/aromatic N) is 2. The van der Waals surface area contributed by atoms with Crippen molar-refractivity contribution < 1.29 is 4.42 Å². The highest BCUT2D eigenvalue weighted by Gasteiger charge is 2.27. The number of aromatic nitrogens is 1. The average molecular weight is 805 g/mol. The van der Waals surface area contributed by atoms with Crippen molar-refractivity contribution in [2.45, 2.75) is 0 Å². The Morgan fingerprint density at radius 3 is 1.54 bits per heavy atom. The van der Waals surface area contributed by atoms with Gasteiger partial charge in [-0.15, -0.1) is 0 Å². The number of furan rings is 1. The molecule has 3 nitrogen and oxygen atoms in total. The SMILES string of the molecule is c1ccc(-c2ccc(-c3c4c(cc5c3c3cccc(N(c6ccc(-c7ccccc7)cc6)c6ccccc6-c6ccccc6)c3n5-c3ccccc3)oc3ccccc34)cc2)cc1. The quantitative estimate of drug-likeness (QED) is 0.153. The number of hydrogen-bond donors (Lipinski definition) is 0. The molecule has 0 fully saturated rings. The van der Waals surface area contributed by atoms with E-state index in [1.165, 1.54) is 27.6 Å². The first-order valence-corrected chi connectivity index (χ1v) is 21.5. The van der Waals surface area contributed by atoms with Crippen LogP contribution in [0.5, 0.6) is 0 Å². The minimum Gasteiger partial charge on any atom is -0.456 e. The van der Waals surface area contributed by atoms with Crippen molar-refractivity contribution in [1.82, 2.24) is 4.57 Å². The van der Waals surface area contributed by atoms with E-state index in [-0.39, 0.29) is 0 Å². The molecule has 0 atom stereocenters. The Morgan fingerprint density at radius 2 is 0.857 bits per heavy atom. The Morgan fingerprint density at radius 1 is 0.349 bits per heavy atom. The standard InChI is InChI=1S/C60H40N2O/c1-5-18-41(19-6-1)43-32-34-46(35-33-43)57-58-51-28-17-30-53(60(51)62(47-24-11-4-12-25-47)54(58)40-56-59(57)50-27-14-16-31-55(50)63-56)61(48-38-36-44(37-39-48)42-20-7-2-8-21-42)52-29-15-13-26-49(52)45-22-9-3-10-23-45/h1-40H. The maximum Gasteiger partial charge on any atom is 0.138 e. The molecule has 0 unspecified atom stereocenters. The van der Waals surface area contributed by atoms with Crippen molar-refractivity contribution in [2.75, 3.05) is 4.90 Å². The third-order valence-electron chi connectivity index (χ3n) is 12.4. The van der Waals surface area contributed by atoms with Gasteiger partial charge in [0.25, 0.3) is 0 Å². The Labute approximate surface area is 366 Å². The molecule has 0 aliphatic heterocycles. The fourth-order valence-electron chi connectivity index (χ4n) is 9.56. The summed E-state index contributed by atoms with van der Waals surface area (Å²) in [6.07, 6.45) is 0. The number of anilines is 3. The molecule has 0 aliphatic rings. The second-order valence-corrected chi connectivity index (χ2v) is 16.0. The summed E-state index contributed by atoms with van der Waals surface area (Å²) >= 11 is 0. The smallest absolute Gasteiger partial charge is 0.138 e. The van der Waals surface area contributed by atoms with E-state index in [0.29, 0.717) is 0 Å². The van der Waals surface area contributed by atoms with Crippen molar-refractivity contribution in [3.05, 3.63) is 243 Å². The molecule has 0 spiro atoms. The molecule has 2 heterocycles. The van der Waals surface area contributed by atoms with Gasteiger partial charge in [0.05, 0.1) is 22.4 Å². The number of rotatable bonds is 8. The van der Waals surface area contributed by atoms with Crippen LogP contribution in [0.25, 0.3) is 93.9 Å². The first-order chi connectivity index (χ1) is 31.3. The van der Waals surface area contributed by atoms with Gasteiger partial charge >= 0.3 is 0 Å². The molecular weight excluding hydrogens is 765 g/mol. The summed E-state index contributed by atoms with van der Waals surface area (Å²) in [5, 5.41) is 4.55. The number of hydrogen-bond acceptors (Lipinski definition) is 2. The molecular formula is C60H40N2O. The topological polar surface area (TPSA) is 21.3 Å². The van der Waals surface area contributed by atoms with E-state index in [2.05, 4.69) is 252 Å². The largest absolute Gasteiger partial charge is 0.456 e. The van der Waals surface area contributed by atoms with E-state index in [4.69, 9.17) is 4.42 Å². The predicted octanol–water partition coefficient (Wildman–Crippen LogP) is 16.8. The molecule has 0 saturated carbocycles. The second kappa shape index (κ2) is 15.3. The highest BCUT2D eigenvalue weighted by atomic mass is 16.3. The summed E-state index contributed by atoms with van der Waals surface area (Å²) < 4.78 is 9.26. The summed E-state index contributed by atoms with van der Waals surface area (Å²) in [6, 6.07) is 87.0. The summed E-state index contributed by atoms with van der Waals surface area (Å²) in [5.41, 5.74) is 17.5. The Balaban J connectivity index is 1.20. The van der Waals surface area contributed by atoms with Crippen LogP contribution in [0.1, 0.15) is 0 Å². The van der Waals surface area contributed by atoms with Gasteiger partial charge < -0.3 is 13.9 Å². The van der Waals surface area contributed by atoms with E-state index in [9.17, 15) is 0 Å². The van der Waals surface area contributed by atoms with Crippen molar-refractivity contribution >= 4 is 60.8 Å². The number of para-hydroxylation sites is 4. The van der Waals surface area contributed by atoms with E-state index in [0.717, 1.165) is 83.4 Å². The summed E-state index contributed by atoms with van der Waals surface area (Å²) in [7, 11) is 0. The zero-order valence-electron chi connectivity index (χ0n) is 34.4. The highest BCUT2D eigenvalue weighted by Crippen LogP contribution is 2.50. The maximum absolute atomic E-state index is 6.81. The lowest BCUT2D eigenvalue weighted by Gasteiger charge is -2.29. The molecule has 0 aliphatic carbocycles. The lowest BCUT2D eigenvalue weighted by molar-refractivity contribution is 0.669. The van der Waals surface area contributed by atoms with Crippen LogP contribution < -0.4 is 4.90 Å². The van der Waals surface area contributed by atoms with Gasteiger partial charge in [0, 0.05) is 50.1 Å². The molecule has 296 valence electrons. The van der Waals surface area contributed by atoms with Crippen LogP contribution in [0.15, 0.2) is 247 Å². The third kappa shape index (κ3) is 6.21. The molecule has 3 heteroatoms.